The van der Waals surface area contributed by atoms with Crippen LogP contribution in [-0.2, 0) is 6.42 Å². The molecule has 4 heteroatoms. The molecule has 0 radical (unpaired) electrons. The minimum absolute atomic E-state index is 0.251. The Hall–Kier alpha value is -1.78. The molecule has 1 unspecified atom stereocenters. The summed E-state index contributed by atoms with van der Waals surface area (Å²) >= 11 is 1.67. The van der Waals surface area contributed by atoms with Crippen LogP contribution in [0.1, 0.15) is 17.2 Å². The van der Waals surface area contributed by atoms with Gasteiger partial charge in [0.05, 0.1) is 0 Å². The molecule has 1 heterocycles. The maximum absolute atomic E-state index is 14.0. The van der Waals surface area contributed by atoms with Gasteiger partial charge in [-0.25, -0.2) is 8.78 Å². The number of likely N-dealkylation sites (N-methyl/N-ethyl adjacent to an activating group) is 1. The summed E-state index contributed by atoms with van der Waals surface area (Å²) in [6, 6.07) is 12.2. The summed E-state index contributed by atoms with van der Waals surface area (Å²) < 4.78 is 28.6. The van der Waals surface area contributed by atoms with E-state index >= 15 is 0 Å². The van der Waals surface area contributed by atoms with Crippen molar-refractivity contribution in [3.05, 3.63) is 70.6 Å². The lowest BCUT2D eigenvalue weighted by Crippen LogP contribution is -2.20. The number of thiophene rings is 1. The topological polar surface area (TPSA) is 12.0 Å². The molecule has 1 atom stereocenters. The first-order chi connectivity index (χ1) is 10.2. The monoisotopic (exact) mass is 303 g/mol. The molecule has 0 spiro atoms. The molecule has 0 aliphatic carbocycles. The van der Waals surface area contributed by atoms with E-state index < -0.39 is 11.6 Å². The van der Waals surface area contributed by atoms with Gasteiger partial charge in [-0.1, -0.05) is 30.3 Å². The maximum atomic E-state index is 14.0. The molecule has 3 aromatic rings. The quantitative estimate of drug-likeness (QED) is 0.738. The Morgan fingerprint density at radius 1 is 1.10 bits per heavy atom. The number of nitrogens with one attached hydrogen (secondary N) is 1. The zero-order chi connectivity index (χ0) is 14.8. The Morgan fingerprint density at radius 2 is 1.90 bits per heavy atom. The van der Waals surface area contributed by atoms with Crippen molar-refractivity contribution >= 4 is 21.4 Å². The molecule has 1 N–H and O–H groups in total. The first-order valence-corrected chi connectivity index (χ1v) is 7.65. The van der Waals surface area contributed by atoms with E-state index in [0.717, 1.165) is 11.6 Å². The molecule has 1 aromatic heterocycles. The molecule has 0 bridgehead atoms. The van der Waals surface area contributed by atoms with Crippen LogP contribution >= 0.6 is 11.3 Å². The maximum Gasteiger partial charge on any atom is 0.163 e. The Labute approximate surface area is 126 Å². The Bertz CT molecular complexity index is 766. The van der Waals surface area contributed by atoms with Gasteiger partial charge < -0.3 is 5.32 Å². The molecule has 0 amide bonds. The van der Waals surface area contributed by atoms with Crippen molar-refractivity contribution in [3.8, 4) is 0 Å². The first kappa shape index (κ1) is 14.2. The summed E-state index contributed by atoms with van der Waals surface area (Å²) in [7, 11) is 1.77. The number of halogens is 2. The zero-order valence-electron chi connectivity index (χ0n) is 11.6. The zero-order valence-corrected chi connectivity index (χ0v) is 12.4. The van der Waals surface area contributed by atoms with E-state index in [-0.39, 0.29) is 6.04 Å². The molecule has 0 aliphatic rings. The van der Waals surface area contributed by atoms with Crippen molar-refractivity contribution in [3.63, 3.8) is 0 Å². The highest BCUT2D eigenvalue weighted by molar-refractivity contribution is 7.17. The second kappa shape index (κ2) is 5.92. The summed E-state index contributed by atoms with van der Waals surface area (Å²) in [5.41, 5.74) is 1.52. The van der Waals surface area contributed by atoms with Crippen LogP contribution in [0.2, 0.25) is 0 Å². The fourth-order valence-corrected chi connectivity index (χ4v) is 3.54. The predicted molar refractivity (Wildman–Crippen MR) is 83.7 cm³/mol. The van der Waals surface area contributed by atoms with E-state index in [1.807, 2.05) is 12.1 Å². The van der Waals surface area contributed by atoms with Gasteiger partial charge in [0.15, 0.2) is 11.6 Å². The standard InChI is InChI=1S/C17H15F2NS/c1-20-15(13-6-4-7-14(18)17(13)19)9-11-10-21-16-8-3-2-5-12(11)16/h2-8,10,15,20H,9H2,1H3. The number of fused-ring (bicyclic) bond motifs is 1. The normalized spacial score (nSPS) is 12.7. The Kier molecular flexibility index (Phi) is 3.99. The summed E-state index contributed by atoms with van der Waals surface area (Å²) in [5, 5.41) is 6.36. The van der Waals surface area contributed by atoms with Crippen LogP contribution in [-0.4, -0.2) is 7.05 Å². The average molecular weight is 303 g/mol. The van der Waals surface area contributed by atoms with Crippen molar-refractivity contribution in [2.75, 3.05) is 7.05 Å². The fraction of sp³-hybridized carbons (Fsp3) is 0.176. The van der Waals surface area contributed by atoms with Crippen LogP contribution in [0.15, 0.2) is 47.8 Å². The smallest absolute Gasteiger partial charge is 0.163 e. The highest BCUT2D eigenvalue weighted by Crippen LogP contribution is 2.30. The van der Waals surface area contributed by atoms with Crippen molar-refractivity contribution in [2.45, 2.75) is 12.5 Å². The fourth-order valence-electron chi connectivity index (χ4n) is 2.57. The summed E-state index contributed by atoms with van der Waals surface area (Å²) in [6.45, 7) is 0. The third-order valence-electron chi connectivity index (χ3n) is 3.69. The van der Waals surface area contributed by atoms with E-state index in [1.54, 1.807) is 30.5 Å². The van der Waals surface area contributed by atoms with Crippen molar-refractivity contribution in [1.82, 2.24) is 5.32 Å². The minimum atomic E-state index is -0.803. The lowest BCUT2D eigenvalue weighted by Gasteiger charge is -2.17. The third kappa shape index (κ3) is 2.69. The molecular formula is C17H15F2NS. The van der Waals surface area contributed by atoms with E-state index in [2.05, 4.69) is 22.8 Å². The van der Waals surface area contributed by atoms with Crippen LogP contribution in [0.5, 0.6) is 0 Å². The molecule has 0 saturated carbocycles. The largest absolute Gasteiger partial charge is 0.313 e. The highest BCUT2D eigenvalue weighted by atomic mass is 32.1. The average Bonchev–Trinajstić information content (AvgIpc) is 2.91. The van der Waals surface area contributed by atoms with Gasteiger partial charge in [-0.15, -0.1) is 11.3 Å². The second-order valence-corrected chi connectivity index (χ2v) is 5.86. The van der Waals surface area contributed by atoms with Crippen LogP contribution in [0, 0.1) is 11.6 Å². The van der Waals surface area contributed by atoms with E-state index in [4.69, 9.17) is 0 Å². The number of hydrogen-bond donors (Lipinski definition) is 1. The lowest BCUT2D eigenvalue weighted by molar-refractivity contribution is 0.473. The first-order valence-electron chi connectivity index (χ1n) is 6.77. The third-order valence-corrected chi connectivity index (χ3v) is 4.70. The molecule has 108 valence electrons. The van der Waals surface area contributed by atoms with Crippen molar-refractivity contribution in [2.24, 2.45) is 0 Å². The number of benzene rings is 2. The van der Waals surface area contributed by atoms with Gasteiger partial charge in [0.1, 0.15) is 0 Å². The van der Waals surface area contributed by atoms with Gasteiger partial charge in [-0.2, -0.15) is 0 Å². The molecule has 0 fully saturated rings. The van der Waals surface area contributed by atoms with Gasteiger partial charge in [-0.05, 0) is 41.9 Å². The van der Waals surface area contributed by atoms with Crippen LogP contribution < -0.4 is 5.32 Å². The molecular weight excluding hydrogens is 288 g/mol. The van der Waals surface area contributed by atoms with Gasteiger partial charge in [0.25, 0.3) is 0 Å². The summed E-state index contributed by atoms with van der Waals surface area (Å²) in [5.74, 6) is -1.57. The van der Waals surface area contributed by atoms with Crippen LogP contribution in [0.4, 0.5) is 8.78 Å². The molecule has 2 aromatic carbocycles. The predicted octanol–water partition coefficient (Wildman–Crippen LogP) is 4.68. The van der Waals surface area contributed by atoms with E-state index in [1.165, 1.54) is 10.1 Å². The van der Waals surface area contributed by atoms with Crippen molar-refractivity contribution < 1.29 is 8.78 Å². The molecule has 0 aliphatic heterocycles. The van der Waals surface area contributed by atoms with Crippen LogP contribution in [0.3, 0.4) is 0 Å². The number of rotatable bonds is 4. The Balaban J connectivity index is 1.96. The summed E-state index contributed by atoms with van der Waals surface area (Å²) in [6.07, 6.45) is 0.626. The summed E-state index contributed by atoms with van der Waals surface area (Å²) in [4.78, 5) is 0. The molecule has 21 heavy (non-hydrogen) atoms. The Morgan fingerprint density at radius 3 is 2.71 bits per heavy atom. The van der Waals surface area contributed by atoms with Gasteiger partial charge in [0, 0.05) is 16.3 Å². The van der Waals surface area contributed by atoms with Gasteiger partial charge in [0.2, 0.25) is 0 Å². The van der Waals surface area contributed by atoms with Crippen molar-refractivity contribution in [1.29, 1.82) is 0 Å². The SMILES string of the molecule is CNC(Cc1csc2ccccc12)c1cccc(F)c1F. The minimum Gasteiger partial charge on any atom is -0.313 e. The van der Waals surface area contributed by atoms with Crippen LogP contribution in [0.25, 0.3) is 10.1 Å². The number of hydrogen-bond acceptors (Lipinski definition) is 2. The molecule has 1 nitrogen and oxygen atoms in total. The van der Waals surface area contributed by atoms with E-state index in [0.29, 0.717) is 12.0 Å². The van der Waals surface area contributed by atoms with Gasteiger partial charge >= 0.3 is 0 Å². The second-order valence-electron chi connectivity index (χ2n) is 4.95. The molecule has 3 rings (SSSR count). The van der Waals surface area contributed by atoms with E-state index in [9.17, 15) is 8.78 Å². The van der Waals surface area contributed by atoms with Gasteiger partial charge in [-0.3, -0.25) is 0 Å². The molecule has 0 saturated heterocycles. The highest BCUT2D eigenvalue weighted by Gasteiger charge is 2.18. The lowest BCUT2D eigenvalue weighted by atomic mass is 9.98.